The Labute approximate surface area is 350 Å². The van der Waals surface area contributed by atoms with Crippen molar-refractivity contribution in [2.45, 2.75) is 105 Å². The molecule has 0 fully saturated rings. The Morgan fingerprint density at radius 3 is 1.56 bits per heavy atom. The van der Waals surface area contributed by atoms with Gasteiger partial charge in [-0.3, -0.25) is 0 Å². The van der Waals surface area contributed by atoms with Crippen molar-refractivity contribution in [2.75, 3.05) is 0 Å². The number of hydrogen-bond acceptors (Lipinski definition) is 0. The van der Waals surface area contributed by atoms with Crippen LogP contribution in [0.15, 0.2) is 91.0 Å². The van der Waals surface area contributed by atoms with Gasteiger partial charge in [-0.25, -0.2) is 6.07 Å². The molecule has 294 valence electrons. The molecule has 0 unspecified atom stereocenters. The van der Waals surface area contributed by atoms with Gasteiger partial charge >= 0.3 is 137 Å². The molecule has 0 atom stereocenters. The van der Waals surface area contributed by atoms with E-state index in [4.69, 9.17) is 0 Å². The van der Waals surface area contributed by atoms with Crippen molar-refractivity contribution in [3.05, 3.63) is 158 Å². The second kappa shape index (κ2) is 18.6. The summed E-state index contributed by atoms with van der Waals surface area (Å²) in [7, 11) is 0. The van der Waals surface area contributed by atoms with Crippen LogP contribution in [-0.4, -0.2) is 3.21 Å². The van der Waals surface area contributed by atoms with E-state index in [9.17, 15) is 26.3 Å². The summed E-state index contributed by atoms with van der Waals surface area (Å²) in [4.78, 5) is 0. The fourth-order valence-electron chi connectivity index (χ4n) is 6.34. The summed E-state index contributed by atoms with van der Waals surface area (Å²) in [5.41, 5.74) is 11.9. The van der Waals surface area contributed by atoms with Crippen LogP contribution in [0.25, 0.3) is 11.1 Å². The molecule has 0 amide bonds. The number of alkyl halides is 6. The Bertz CT molecular complexity index is 1950. The zero-order valence-electron chi connectivity index (χ0n) is 33.0. The number of rotatable bonds is 3. The maximum atomic E-state index is 12.7. The van der Waals surface area contributed by atoms with Gasteiger partial charge < -0.3 is 24.8 Å². The van der Waals surface area contributed by atoms with E-state index in [0.717, 1.165) is 54.9 Å². The molecule has 0 saturated carbocycles. The Balaban J connectivity index is 0.000000298. The molecule has 0 aromatic heterocycles. The van der Waals surface area contributed by atoms with Crippen LogP contribution in [-0.2, 0) is 53.8 Å². The van der Waals surface area contributed by atoms with Crippen LogP contribution >= 0.6 is 0 Å². The average molecular weight is 877 g/mol. The van der Waals surface area contributed by atoms with Crippen molar-refractivity contribution in [3.8, 4) is 11.1 Å². The van der Waals surface area contributed by atoms with Gasteiger partial charge in [0.25, 0.3) is 0 Å². The molecule has 0 radical (unpaired) electrons. The first kappa shape index (κ1) is 48.3. The molecule has 0 bridgehead atoms. The number of fused-ring (bicyclic) bond motifs is 3. The first-order valence-electron chi connectivity index (χ1n) is 17.7. The van der Waals surface area contributed by atoms with Gasteiger partial charge in [0.1, 0.15) is 0 Å². The Hall–Kier alpha value is -2.86. The fraction of sp³-hybridized carbons (Fsp3) is 0.348. The van der Waals surface area contributed by atoms with Crippen LogP contribution in [0, 0.1) is 19.9 Å². The van der Waals surface area contributed by atoms with E-state index in [1.807, 2.05) is 0 Å². The number of halogens is 8. The summed E-state index contributed by atoms with van der Waals surface area (Å²) in [6.07, 6.45) is -7.95. The van der Waals surface area contributed by atoms with E-state index < -0.39 is 23.5 Å². The molecule has 9 heteroatoms. The van der Waals surface area contributed by atoms with Crippen molar-refractivity contribution in [1.82, 2.24) is 0 Å². The second-order valence-electron chi connectivity index (χ2n) is 16.2. The van der Waals surface area contributed by atoms with Crippen molar-refractivity contribution < 1.29 is 75.4 Å². The number of aryl methyl sites for hydroxylation is 2. The smallest absolute Gasteiger partial charge is 1.00 e. The normalized spacial score (nSPS) is 12.3. The molecule has 1 aliphatic rings. The molecule has 6 rings (SSSR count). The van der Waals surface area contributed by atoms with Crippen LogP contribution in [0.1, 0.15) is 123 Å². The summed E-state index contributed by atoms with van der Waals surface area (Å²) in [6.45, 7) is 22.4. The largest absolute Gasteiger partial charge is 1.00 e. The quantitative estimate of drug-likeness (QED) is 0.127. The Morgan fingerprint density at radius 2 is 1.16 bits per heavy atom. The monoisotopic (exact) mass is 874 g/mol. The van der Waals surface area contributed by atoms with Gasteiger partial charge in [0, 0.05) is 0 Å². The number of benzene rings is 4. The van der Waals surface area contributed by atoms with Gasteiger partial charge in [0.15, 0.2) is 0 Å². The summed E-state index contributed by atoms with van der Waals surface area (Å²) in [5.74, 6) is 0.675. The molecule has 0 aliphatic heterocycles. The number of hydrogen-bond donors (Lipinski definition) is 0. The standard InChI is InChI=1S/C21H25.C15H8F6.C10H15.2ClH.Zr/c1-20(2,3)16-7-9-18-14(12-16)11-15-13-17(21(4,5)6)8-10-19(15)18;16-14(17,18)12-5-1-3-10(8-12)7-11-4-2-6-13(9-11)15(19,20)21;1-7(2)10-6-8(3)5-9(10)4;;;/h7-10,12H,11H2,1-6H3;1-6,8-9H;5-7H,1-4H3;2*1H;/q-1;;-1;;;+2/p-2. The third kappa shape index (κ3) is 12.6. The molecule has 5 aromatic carbocycles. The van der Waals surface area contributed by atoms with Gasteiger partial charge in [-0.2, -0.15) is 46.5 Å². The predicted molar refractivity (Wildman–Crippen MR) is 203 cm³/mol. The van der Waals surface area contributed by atoms with Gasteiger partial charge in [-0.05, 0) is 28.4 Å². The Morgan fingerprint density at radius 1 is 0.655 bits per heavy atom. The van der Waals surface area contributed by atoms with E-state index in [0.29, 0.717) is 9.12 Å². The minimum absolute atomic E-state index is 0. The van der Waals surface area contributed by atoms with Crippen LogP contribution in [0.2, 0.25) is 0 Å². The summed E-state index contributed by atoms with van der Waals surface area (Å²) < 4.78 is 76.7. The van der Waals surface area contributed by atoms with Gasteiger partial charge in [0.05, 0.1) is 0 Å². The van der Waals surface area contributed by atoms with E-state index >= 15 is 0 Å². The van der Waals surface area contributed by atoms with Gasteiger partial charge in [-0.15, -0.1) is 11.1 Å². The average Bonchev–Trinajstić information content (AvgIpc) is 3.61. The summed E-state index contributed by atoms with van der Waals surface area (Å²) in [6, 6.07) is 28.9. The maximum Gasteiger partial charge on any atom is -1.00 e. The molecule has 5 aromatic rings. The molecule has 1 aliphatic carbocycles. The van der Waals surface area contributed by atoms with E-state index in [1.165, 1.54) is 74.3 Å². The topological polar surface area (TPSA) is 0 Å². The predicted octanol–water partition coefficient (Wildman–Crippen LogP) is 7.65. The molecular formula is C46H48Cl2F6Zr-2. The molecule has 0 nitrogen and oxygen atoms in total. The van der Waals surface area contributed by atoms with Crippen molar-refractivity contribution >= 4 is 3.21 Å². The van der Waals surface area contributed by atoms with Crippen LogP contribution in [0.5, 0.6) is 0 Å². The molecule has 0 N–H and O–H groups in total. The Kier molecular flexibility index (Phi) is 16.3. The van der Waals surface area contributed by atoms with E-state index in [1.54, 1.807) is 0 Å². The van der Waals surface area contributed by atoms with Crippen molar-refractivity contribution in [1.29, 1.82) is 0 Å². The minimum Gasteiger partial charge on any atom is -1.00 e. The molecule has 0 saturated heterocycles. The van der Waals surface area contributed by atoms with Gasteiger partial charge in [0.2, 0.25) is 0 Å². The third-order valence-electron chi connectivity index (χ3n) is 9.33. The minimum atomic E-state index is -4.49. The second-order valence-corrected chi connectivity index (χ2v) is 17.4. The van der Waals surface area contributed by atoms with E-state index in [2.05, 4.69) is 118 Å². The summed E-state index contributed by atoms with van der Waals surface area (Å²) in [5, 5.41) is 0. The molecular weight excluding hydrogens is 829 g/mol. The fourth-order valence-corrected chi connectivity index (χ4v) is 7.11. The SMILES string of the molecule is CC(C)(C)c1[c-]c2c(cc1)-c1ccc(C(C)(C)C)cc1C2.Cc1cc(C(C)C)c(C)[cH-]1.FC(F)(F)c1cccc([C](=[Zr+2])c2cccc(C(F)(F)F)c2)c1.[Cl-].[Cl-]. The molecule has 0 spiro atoms. The van der Waals surface area contributed by atoms with Crippen molar-refractivity contribution in [3.63, 3.8) is 0 Å². The zero-order chi connectivity index (χ0) is 39.7. The van der Waals surface area contributed by atoms with Gasteiger partial charge in [-0.1, -0.05) is 98.9 Å². The maximum absolute atomic E-state index is 12.7. The van der Waals surface area contributed by atoms with Crippen molar-refractivity contribution in [2.24, 2.45) is 0 Å². The molecule has 55 heavy (non-hydrogen) atoms. The van der Waals surface area contributed by atoms with Crippen LogP contribution in [0.3, 0.4) is 0 Å². The first-order valence-corrected chi connectivity index (χ1v) is 19.0. The van der Waals surface area contributed by atoms with Crippen LogP contribution < -0.4 is 24.8 Å². The summed E-state index contributed by atoms with van der Waals surface area (Å²) >= 11 is 0.729. The third-order valence-corrected chi connectivity index (χ3v) is 10.7. The van der Waals surface area contributed by atoms with E-state index in [-0.39, 0.29) is 46.8 Å². The van der Waals surface area contributed by atoms with Crippen LogP contribution in [0.4, 0.5) is 26.3 Å². The molecule has 0 heterocycles. The first-order chi connectivity index (χ1) is 24.4. The zero-order valence-corrected chi connectivity index (χ0v) is 36.9.